The highest BCUT2D eigenvalue weighted by Crippen LogP contribution is 2.20. The van der Waals surface area contributed by atoms with Crippen LogP contribution < -0.4 is 0 Å². The van der Waals surface area contributed by atoms with Gasteiger partial charge in [0, 0.05) is 5.56 Å². The number of carbonyl (C=O) groups is 1. The van der Waals surface area contributed by atoms with E-state index in [9.17, 15) is 4.79 Å². The fourth-order valence-electron chi connectivity index (χ4n) is 1.65. The quantitative estimate of drug-likeness (QED) is 0.529. The highest BCUT2D eigenvalue weighted by atomic mass is 16.1. The molecule has 0 saturated heterocycles. The van der Waals surface area contributed by atoms with E-state index in [1.165, 1.54) is 0 Å². The predicted octanol–water partition coefficient (Wildman–Crippen LogP) is 3.60. The van der Waals surface area contributed by atoms with Gasteiger partial charge in [0.25, 0.3) is 0 Å². The van der Waals surface area contributed by atoms with E-state index in [-0.39, 0.29) is 5.78 Å². The standard InChI is InChI=1S/C14H12O/c1-10(2)14(15)13-9-5-7-11-6-3-4-8-12(11)13/h3-9H,1H2,2H3. The number of carbonyl (C=O) groups excluding carboxylic acids is 1. The van der Waals surface area contributed by atoms with Crippen LogP contribution in [0.4, 0.5) is 0 Å². The molecule has 2 aromatic rings. The van der Waals surface area contributed by atoms with Crippen LogP contribution >= 0.6 is 0 Å². The van der Waals surface area contributed by atoms with E-state index >= 15 is 0 Å². The lowest BCUT2D eigenvalue weighted by Gasteiger charge is -2.04. The van der Waals surface area contributed by atoms with Gasteiger partial charge < -0.3 is 0 Å². The third-order valence-electron chi connectivity index (χ3n) is 2.42. The maximum absolute atomic E-state index is 11.9. The summed E-state index contributed by atoms with van der Waals surface area (Å²) in [6, 6.07) is 13.6. The largest absolute Gasteiger partial charge is 0.289 e. The van der Waals surface area contributed by atoms with Gasteiger partial charge in [-0.1, -0.05) is 49.0 Å². The van der Waals surface area contributed by atoms with Crippen LogP contribution in [0, 0.1) is 0 Å². The molecule has 0 aliphatic rings. The Hall–Kier alpha value is -1.89. The maximum Gasteiger partial charge on any atom is 0.188 e. The van der Waals surface area contributed by atoms with Crippen molar-refractivity contribution in [2.75, 3.05) is 0 Å². The van der Waals surface area contributed by atoms with E-state index in [0.717, 1.165) is 16.3 Å². The van der Waals surface area contributed by atoms with Crippen molar-refractivity contribution in [3.8, 4) is 0 Å². The molecule has 0 N–H and O–H groups in total. The van der Waals surface area contributed by atoms with Crippen molar-refractivity contribution in [2.45, 2.75) is 6.92 Å². The highest BCUT2D eigenvalue weighted by Gasteiger charge is 2.09. The first-order chi connectivity index (χ1) is 7.20. The van der Waals surface area contributed by atoms with Crippen LogP contribution in [-0.4, -0.2) is 5.78 Å². The van der Waals surface area contributed by atoms with Crippen molar-refractivity contribution in [1.29, 1.82) is 0 Å². The smallest absolute Gasteiger partial charge is 0.188 e. The number of hydrogen-bond donors (Lipinski definition) is 0. The predicted molar refractivity (Wildman–Crippen MR) is 63.1 cm³/mol. The van der Waals surface area contributed by atoms with Crippen LogP contribution in [0.1, 0.15) is 17.3 Å². The molecule has 1 heteroatoms. The molecule has 0 heterocycles. The van der Waals surface area contributed by atoms with Crippen molar-refractivity contribution in [3.05, 3.63) is 60.2 Å². The van der Waals surface area contributed by atoms with Crippen LogP contribution in [0.15, 0.2) is 54.6 Å². The summed E-state index contributed by atoms with van der Waals surface area (Å²) in [6.07, 6.45) is 0. The first kappa shape index (κ1) is 9.66. The summed E-state index contributed by atoms with van der Waals surface area (Å²) in [5.41, 5.74) is 1.31. The molecule has 0 saturated carbocycles. The Morgan fingerprint density at radius 3 is 2.47 bits per heavy atom. The molecule has 74 valence electrons. The molecule has 2 rings (SSSR count). The molecule has 0 aliphatic carbocycles. The first-order valence-electron chi connectivity index (χ1n) is 4.88. The molecular weight excluding hydrogens is 184 g/mol. The summed E-state index contributed by atoms with van der Waals surface area (Å²) < 4.78 is 0. The van der Waals surface area contributed by atoms with Gasteiger partial charge >= 0.3 is 0 Å². The second-order valence-electron chi connectivity index (χ2n) is 3.64. The molecule has 0 atom stereocenters. The fraction of sp³-hybridized carbons (Fsp3) is 0.0714. The van der Waals surface area contributed by atoms with Crippen molar-refractivity contribution in [3.63, 3.8) is 0 Å². The molecule has 0 amide bonds. The van der Waals surface area contributed by atoms with Gasteiger partial charge in [-0.3, -0.25) is 4.79 Å². The summed E-state index contributed by atoms with van der Waals surface area (Å²) in [6.45, 7) is 5.43. The molecule has 0 aromatic heterocycles. The lowest BCUT2D eigenvalue weighted by Crippen LogP contribution is -2.00. The van der Waals surface area contributed by atoms with Gasteiger partial charge in [-0.05, 0) is 23.3 Å². The zero-order valence-electron chi connectivity index (χ0n) is 8.66. The topological polar surface area (TPSA) is 17.1 Å². The van der Waals surface area contributed by atoms with Crippen LogP contribution in [0.3, 0.4) is 0 Å². The molecule has 0 aliphatic heterocycles. The Kier molecular flexibility index (Phi) is 2.38. The molecular formula is C14H12O. The molecule has 0 bridgehead atoms. The number of rotatable bonds is 2. The monoisotopic (exact) mass is 196 g/mol. The van der Waals surface area contributed by atoms with E-state index in [2.05, 4.69) is 6.58 Å². The number of benzene rings is 2. The van der Waals surface area contributed by atoms with Crippen LogP contribution in [-0.2, 0) is 0 Å². The van der Waals surface area contributed by atoms with Crippen molar-refractivity contribution in [2.24, 2.45) is 0 Å². The number of allylic oxidation sites excluding steroid dienone is 1. The Balaban J connectivity index is 2.71. The summed E-state index contributed by atoms with van der Waals surface area (Å²) in [7, 11) is 0. The first-order valence-corrected chi connectivity index (χ1v) is 4.88. The van der Waals surface area contributed by atoms with Crippen LogP contribution in [0.25, 0.3) is 10.8 Å². The van der Waals surface area contributed by atoms with Gasteiger partial charge in [-0.25, -0.2) is 0 Å². The van der Waals surface area contributed by atoms with Crippen LogP contribution in [0.5, 0.6) is 0 Å². The second kappa shape index (κ2) is 3.70. The Labute approximate surface area is 89.0 Å². The van der Waals surface area contributed by atoms with Gasteiger partial charge in [0.05, 0.1) is 0 Å². The van der Waals surface area contributed by atoms with Gasteiger partial charge in [-0.15, -0.1) is 0 Å². The van der Waals surface area contributed by atoms with Crippen molar-refractivity contribution < 1.29 is 4.79 Å². The second-order valence-corrected chi connectivity index (χ2v) is 3.64. The van der Waals surface area contributed by atoms with Gasteiger partial charge in [0.15, 0.2) is 5.78 Å². The minimum atomic E-state index is 0.0202. The zero-order chi connectivity index (χ0) is 10.8. The number of ketones is 1. The molecule has 0 unspecified atom stereocenters. The number of fused-ring (bicyclic) bond motifs is 1. The summed E-state index contributed by atoms with van der Waals surface area (Å²) in [5, 5.41) is 2.08. The van der Waals surface area contributed by atoms with Gasteiger partial charge in [0.2, 0.25) is 0 Å². The van der Waals surface area contributed by atoms with Crippen molar-refractivity contribution in [1.82, 2.24) is 0 Å². The minimum Gasteiger partial charge on any atom is -0.289 e. The average molecular weight is 196 g/mol. The van der Waals surface area contributed by atoms with Gasteiger partial charge in [-0.2, -0.15) is 0 Å². The molecule has 0 fully saturated rings. The SMILES string of the molecule is C=C(C)C(=O)c1cccc2ccccc12. The fourth-order valence-corrected chi connectivity index (χ4v) is 1.65. The van der Waals surface area contributed by atoms with Gasteiger partial charge in [0.1, 0.15) is 0 Å². The normalized spacial score (nSPS) is 10.2. The van der Waals surface area contributed by atoms with E-state index in [1.807, 2.05) is 42.5 Å². The van der Waals surface area contributed by atoms with E-state index in [0.29, 0.717) is 5.57 Å². The molecule has 0 radical (unpaired) electrons. The molecule has 15 heavy (non-hydrogen) atoms. The summed E-state index contributed by atoms with van der Waals surface area (Å²) in [5.74, 6) is 0.0202. The Bertz CT molecular complexity index is 533. The number of hydrogen-bond acceptors (Lipinski definition) is 1. The third kappa shape index (κ3) is 1.68. The van der Waals surface area contributed by atoms with E-state index in [1.54, 1.807) is 6.92 Å². The minimum absolute atomic E-state index is 0.0202. The lowest BCUT2D eigenvalue weighted by molar-refractivity contribution is 0.103. The van der Waals surface area contributed by atoms with Crippen molar-refractivity contribution >= 4 is 16.6 Å². The lowest BCUT2D eigenvalue weighted by atomic mass is 9.99. The Morgan fingerprint density at radius 2 is 1.73 bits per heavy atom. The number of Topliss-reactive ketones (excluding diaryl/α,β-unsaturated/α-hetero) is 1. The third-order valence-corrected chi connectivity index (χ3v) is 2.42. The van der Waals surface area contributed by atoms with Crippen LogP contribution in [0.2, 0.25) is 0 Å². The average Bonchev–Trinajstić information content (AvgIpc) is 2.27. The Morgan fingerprint density at radius 1 is 1.07 bits per heavy atom. The molecule has 0 spiro atoms. The summed E-state index contributed by atoms with van der Waals surface area (Å²) in [4.78, 5) is 11.9. The maximum atomic E-state index is 11.9. The molecule has 2 aromatic carbocycles. The highest BCUT2D eigenvalue weighted by molar-refractivity contribution is 6.15. The summed E-state index contributed by atoms with van der Waals surface area (Å²) >= 11 is 0. The van der Waals surface area contributed by atoms with E-state index in [4.69, 9.17) is 0 Å². The molecule has 1 nitrogen and oxygen atoms in total. The zero-order valence-corrected chi connectivity index (χ0v) is 8.66. The van der Waals surface area contributed by atoms with E-state index < -0.39 is 0 Å².